The molecule has 0 aliphatic heterocycles. The quantitative estimate of drug-likeness (QED) is 0.870. The second-order valence-corrected chi connectivity index (χ2v) is 4.90. The molecule has 1 fully saturated rings. The Bertz CT molecular complexity index is 437. The zero-order chi connectivity index (χ0) is 12.4. The van der Waals surface area contributed by atoms with Crippen LogP contribution in [0.3, 0.4) is 0 Å². The summed E-state index contributed by atoms with van der Waals surface area (Å²) in [5.41, 5.74) is -0.0951. The molecule has 2 unspecified atom stereocenters. The van der Waals surface area contributed by atoms with Crippen molar-refractivity contribution in [3.8, 4) is 0 Å². The first-order valence-corrected chi connectivity index (χ1v) is 6.12. The Morgan fingerprint density at radius 3 is 2.88 bits per heavy atom. The van der Waals surface area contributed by atoms with Crippen LogP contribution in [0.15, 0.2) is 12.1 Å². The molecule has 92 valence electrons. The number of pyridine rings is 1. The van der Waals surface area contributed by atoms with E-state index in [1.807, 2.05) is 0 Å². The van der Waals surface area contributed by atoms with Crippen molar-refractivity contribution in [1.29, 1.82) is 0 Å². The van der Waals surface area contributed by atoms with Gasteiger partial charge in [-0.1, -0.05) is 24.9 Å². The van der Waals surface area contributed by atoms with Crippen LogP contribution in [0.5, 0.6) is 0 Å². The normalized spacial score (nSPS) is 23.6. The van der Waals surface area contributed by atoms with Gasteiger partial charge in [0, 0.05) is 6.04 Å². The van der Waals surface area contributed by atoms with Crippen LogP contribution in [-0.4, -0.2) is 22.1 Å². The zero-order valence-corrected chi connectivity index (χ0v) is 10.4. The molecule has 1 aromatic rings. The van der Waals surface area contributed by atoms with E-state index in [9.17, 15) is 4.79 Å². The number of carboxylic acid groups (broad SMARTS) is 1. The number of carboxylic acids is 1. The van der Waals surface area contributed by atoms with Crippen molar-refractivity contribution >= 4 is 23.4 Å². The molecule has 0 amide bonds. The number of halogens is 1. The van der Waals surface area contributed by atoms with Crippen molar-refractivity contribution < 1.29 is 9.90 Å². The molecule has 2 rings (SSSR count). The second-order valence-electron chi connectivity index (χ2n) is 4.49. The lowest BCUT2D eigenvalue weighted by Crippen LogP contribution is -2.22. The summed E-state index contributed by atoms with van der Waals surface area (Å²) in [7, 11) is 0. The fourth-order valence-corrected chi connectivity index (χ4v) is 2.41. The van der Waals surface area contributed by atoms with Gasteiger partial charge in [-0.15, -0.1) is 0 Å². The Balaban J connectivity index is 2.16. The van der Waals surface area contributed by atoms with Gasteiger partial charge in [-0.3, -0.25) is 0 Å². The molecule has 2 atom stereocenters. The molecule has 5 heteroatoms. The highest BCUT2D eigenvalue weighted by molar-refractivity contribution is 6.33. The highest BCUT2D eigenvalue weighted by atomic mass is 35.5. The van der Waals surface area contributed by atoms with Gasteiger partial charge in [-0.2, -0.15) is 0 Å². The van der Waals surface area contributed by atoms with E-state index in [-0.39, 0.29) is 10.7 Å². The van der Waals surface area contributed by atoms with Gasteiger partial charge in [0.05, 0.1) is 5.02 Å². The van der Waals surface area contributed by atoms with Gasteiger partial charge in [0.2, 0.25) is 0 Å². The summed E-state index contributed by atoms with van der Waals surface area (Å²) in [4.78, 5) is 14.9. The summed E-state index contributed by atoms with van der Waals surface area (Å²) in [6.07, 6.45) is 3.52. The van der Waals surface area contributed by atoms with E-state index < -0.39 is 5.97 Å². The molecule has 2 N–H and O–H groups in total. The van der Waals surface area contributed by atoms with Gasteiger partial charge in [-0.05, 0) is 30.9 Å². The maximum absolute atomic E-state index is 10.9. The SMILES string of the molecule is CC1CCCC1Nc1ccc(Cl)c(C(=O)O)n1. The van der Waals surface area contributed by atoms with Gasteiger partial charge >= 0.3 is 5.97 Å². The van der Waals surface area contributed by atoms with Crippen molar-refractivity contribution in [2.45, 2.75) is 32.2 Å². The predicted molar refractivity (Wildman–Crippen MR) is 66.6 cm³/mol. The molecule has 1 aliphatic carbocycles. The number of nitrogens with one attached hydrogen (secondary N) is 1. The lowest BCUT2D eigenvalue weighted by Gasteiger charge is -2.18. The second kappa shape index (κ2) is 4.92. The Morgan fingerprint density at radius 2 is 2.29 bits per heavy atom. The van der Waals surface area contributed by atoms with Crippen LogP contribution in [0.4, 0.5) is 5.82 Å². The third kappa shape index (κ3) is 2.69. The summed E-state index contributed by atoms with van der Waals surface area (Å²) in [5.74, 6) is 0.0874. The average Bonchev–Trinajstić information content (AvgIpc) is 2.67. The molecule has 0 radical (unpaired) electrons. The van der Waals surface area contributed by atoms with Crippen molar-refractivity contribution in [1.82, 2.24) is 4.98 Å². The predicted octanol–water partition coefficient (Wildman–Crippen LogP) is 3.03. The number of aromatic carboxylic acids is 1. The lowest BCUT2D eigenvalue weighted by molar-refractivity contribution is 0.0691. The van der Waals surface area contributed by atoms with Crippen LogP contribution in [0.1, 0.15) is 36.7 Å². The van der Waals surface area contributed by atoms with Crippen LogP contribution >= 0.6 is 11.6 Å². The molecular weight excluding hydrogens is 240 g/mol. The number of aromatic nitrogens is 1. The largest absolute Gasteiger partial charge is 0.476 e. The van der Waals surface area contributed by atoms with E-state index in [0.717, 1.165) is 6.42 Å². The highest BCUT2D eigenvalue weighted by Crippen LogP contribution is 2.28. The Kier molecular flexibility index (Phi) is 3.52. The maximum Gasteiger partial charge on any atom is 0.356 e. The van der Waals surface area contributed by atoms with Gasteiger partial charge in [-0.25, -0.2) is 9.78 Å². The number of carbonyl (C=O) groups is 1. The van der Waals surface area contributed by atoms with E-state index in [1.165, 1.54) is 12.8 Å². The minimum absolute atomic E-state index is 0.0951. The van der Waals surface area contributed by atoms with Crippen LogP contribution in [0.2, 0.25) is 5.02 Å². The fourth-order valence-electron chi connectivity index (χ4n) is 2.22. The number of rotatable bonds is 3. The first-order chi connectivity index (χ1) is 8.08. The van der Waals surface area contributed by atoms with E-state index >= 15 is 0 Å². The number of anilines is 1. The third-order valence-electron chi connectivity index (χ3n) is 3.24. The van der Waals surface area contributed by atoms with Crippen molar-refractivity contribution in [3.05, 3.63) is 22.8 Å². The summed E-state index contributed by atoms with van der Waals surface area (Å²) >= 11 is 5.77. The van der Waals surface area contributed by atoms with E-state index in [0.29, 0.717) is 17.8 Å². The fraction of sp³-hybridized carbons (Fsp3) is 0.500. The topological polar surface area (TPSA) is 62.2 Å². The lowest BCUT2D eigenvalue weighted by atomic mass is 10.1. The standard InChI is InChI=1S/C12H15ClN2O2/c1-7-3-2-4-9(7)14-10-6-5-8(13)11(15-10)12(16)17/h5-7,9H,2-4H2,1H3,(H,14,15)(H,16,17). The molecule has 1 saturated carbocycles. The minimum Gasteiger partial charge on any atom is -0.476 e. The van der Waals surface area contributed by atoms with Gasteiger partial charge in [0.1, 0.15) is 5.82 Å². The molecule has 0 aromatic carbocycles. The number of hydrogen-bond donors (Lipinski definition) is 2. The van der Waals surface area contributed by atoms with Gasteiger partial charge in [0.15, 0.2) is 5.69 Å². The molecule has 0 saturated heterocycles. The molecule has 1 aliphatic rings. The molecular formula is C12H15ClN2O2. The Morgan fingerprint density at radius 1 is 1.53 bits per heavy atom. The first kappa shape index (κ1) is 12.2. The van der Waals surface area contributed by atoms with E-state index in [4.69, 9.17) is 16.7 Å². The van der Waals surface area contributed by atoms with E-state index in [1.54, 1.807) is 12.1 Å². The number of hydrogen-bond acceptors (Lipinski definition) is 3. The molecule has 1 heterocycles. The molecule has 4 nitrogen and oxygen atoms in total. The summed E-state index contributed by atoms with van der Waals surface area (Å²) < 4.78 is 0. The molecule has 0 spiro atoms. The molecule has 17 heavy (non-hydrogen) atoms. The average molecular weight is 255 g/mol. The molecule has 1 aromatic heterocycles. The van der Waals surface area contributed by atoms with Crippen LogP contribution < -0.4 is 5.32 Å². The van der Waals surface area contributed by atoms with Crippen LogP contribution in [-0.2, 0) is 0 Å². The highest BCUT2D eigenvalue weighted by Gasteiger charge is 2.23. The summed E-state index contributed by atoms with van der Waals surface area (Å²) in [6, 6.07) is 3.67. The Hall–Kier alpha value is -1.29. The summed E-state index contributed by atoms with van der Waals surface area (Å²) in [6.45, 7) is 2.19. The third-order valence-corrected chi connectivity index (χ3v) is 3.55. The summed E-state index contributed by atoms with van der Waals surface area (Å²) in [5, 5.41) is 12.4. The van der Waals surface area contributed by atoms with Crippen molar-refractivity contribution in [3.63, 3.8) is 0 Å². The van der Waals surface area contributed by atoms with E-state index in [2.05, 4.69) is 17.2 Å². The first-order valence-electron chi connectivity index (χ1n) is 5.74. The Labute approximate surface area is 105 Å². The maximum atomic E-state index is 10.9. The minimum atomic E-state index is -1.10. The van der Waals surface area contributed by atoms with Gasteiger partial charge in [0.25, 0.3) is 0 Å². The van der Waals surface area contributed by atoms with Crippen molar-refractivity contribution in [2.24, 2.45) is 5.92 Å². The molecule has 0 bridgehead atoms. The number of nitrogens with zero attached hydrogens (tertiary/aromatic N) is 1. The van der Waals surface area contributed by atoms with Crippen LogP contribution in [0.25, 0.3) is 0 Å². The zero-order valence-electron chi connectivity index (χ0n) is 9.61. The monoisotopic (exact) mass is 254 g/mol. The van der Waals surface area contributed by atoms with Crippen LogP contribution in [0, 0.1) is 5.92 Å². The van der Waals surface area contributed by atoms with Gasteiger partial charge < -0.3 is 10.4 Å². The van der Waals surface area contributed by atoms with Crippen molar-refractivity contribution in [2.75, 3.05) is 5.32 Å². The smallest absolute Gasteiger partial charge is 0.356 e.